The van der Waals surface area contributed by atoms with Gasteiger partial charge in [-0.25, -0.2) is 0 Å². The Labute approximate surface area is 183 Å². The van der Waals surface area contributed by atoms with Crippen molar-refractivity contribution in [1.29, 1.82) is 0 Å². The van der Waals surface area contributed by atoms with E-state index in [0.29, 0.717) is 0 Å². The van der Waals surface area contributed by atoms with Crippen LogP contribution in [0.5, 0.6) is 0 Å². The van der Waals surface area contributed by atoms with Crippen molar-refractivity contribution in [2.75, 3.05) is 0 Å². The highest BCUT2D eigenvalue weighted by Gasteiger charge is 2.67. The standard InChI is InChI=1S/C19H25NO12/c1-8(21)20-18(27)19(32-13(6)26)7-14(17(30-11(4)24)31-12(5)25)15(28-9(2)22)16(19)29-10(3)23/h14-17H,7H2,1-6H3,(H,20,21,27)/t14-,15-,16-,19+/m1/s1. The van der Waals surface area contributed by atoms with Gasteiger partial charge in [0.2, 0.25) is 11.5 Å². The summed E-state index contributed by atoms with van der Waals surface area (Å²) < 4.78 is 25.7. The number of rotatable bonds is 7. The summed E-state index contributed by atoms with van der Waals surface area (Å²) in [6, 6.07) is 0. The molecular weight excluding hydrogens is 434 g/mol. The summed E-state index contributed by atoms with van der Waals surface area (Å²) >= 11 is 0. The van der Waals surface area contributed by atoms with Crippen molar-refractivity contribution in [3.8, 4) is 0 Å². The third-order valence-electron chi connectivity index (χ3n) is 4.23. The summed E-state index contributed by atoms with van der Waals surface area (Å²) in [7, 11) is 0. The maximum absolute atomic E-state index is 13.0. The molecule has 0 aromatic rings. The van der Waals surface area contributed by atoms with Gasteiger partial charge in [0.15, 0.2) is 12.2 Å². The molecule has 0 unspecified atom stereocenters. The molecule has 0 bridgehead atoms. The second-order valence-electron chi connectivity index (χ2n) is 7.05. The van der Waals surface area contributed by atoms with Crippen LogP contribution < -0.4 is 5.32 Å². The SMILES string of the molecule is CC(=O)NC(=O)[C@]1(OC(C)=O)C[C@@H](C(OC(C)=O)OC(C)=O)[C@@H](OC(C)=O)[C@H]1OC(C)=O. The quantitative estimate of drug-likeness (QED) is 0.288. The lowest BCUT2D eigenvalue weighted by molar-refractivity contribution is -0.207. The molecule has 1 N–H and O–H groups in total. The van der Waals surface area contributed by atoms with Gasteiger partial charge in [0.25, 0.3) is 12.2 Å². The largest absolute Gasteiger partial charge is 0.458 e. The van der Waals surface area contributed by atoms with E-state index < -0.39 is 78.1 Å². The number of amides is 2. The molecular formula is C19H25NO12. The van der Waals surface area contributed by atoms with Gasteiger partial charge in [-0.15, -0.1) is 0 Å². The summed E-state index contributed by atoms with van der Waals surface area (Å²) in [6.07, 6.45) is -5.66. The minimum Gasteiger partial charge on any atom is -0.458 e. The predicted molar refractivity (Wildman–Crippen MR) is 99.9 cm³/mol. The summed E-state index contributed by atoms with van der Waals surface area (Å²) in [4.78, 5) is 83.2. The molecule has 13 nitrogen and oxygen atoms in total. The second-order valence-corrected chi connectivity index (χ2v) is 7.05. The third kappa shape index (κ3) is 6.75. The fourth-order valence-electron chi connectivity index (χ4n) is 3.42. The van der Waals surface area contributed by atoms with Crippen LogP contribution in [0.2, 0.25) is 0 Å². The maximum atomic E-state index is 13.0. The third-order valence-corrected chi connectivity index (χ3v) is 4.23. The number of carbonyl (C=O) groups excluding carboxylic acids is 7. The zero-order valence-corrected chi connectivity index (χ0v) is 18.4. The van der Waals surface area contributed by atoms with Crippen molar-refractivity contribution in [2.24, 2.45) is 5.92 Å². The normalized spacial score (nSPS) is 24.2. The van der Waals surface area contributed by atoms with Gasteiger partial charge in [0.05, 0.1) is 5.92 Å². The van der Waals surface area contributed by atoms with Gasteiger partial charge in [-0.3, -0.25) is 38.9 Å². The van der Waals surface area contributed by atoms with Crippen LogP contribution in [0.3, 0.4) is 0 Å². The molecule has 1 fully saturated rings. The summed E-state index contributed by atoms with van der Waals surface area (Å²) in [5.41, 5.74) is -2.38. The molecule has 1 saturated carbocycles. The van der Waals surface area contributed by atoms with Gasteiger partial charge in [-0.2, -0.15) is 0 Å². The molecule has 1 rings (SSSR count). The van der Waals surface area contributed by atoms with Crippen LogP contribution in [-0.2, 0) is 57.2 Å². The lowest BCUT2D eigenvalue weighted by atomic mass is 9.96. The summed E-state index contributed by atoms with van der Waals surface area (Å²) in [5.74, 6) is -7.96. The topological polar surface area (TPSA) is 178 Å². The first-order valence-corrected chi connectivity index (χ1v) is 9.40. The Kier molecular flexibility index (Phi) is 8.86. The molecule has 0 radical (unpaired) electrons. The van der Waals surface area contributed by atoms with Crippen molar-refractivity contribution >= 4 is 41.7 Å². The number of hydrogen-bond donors (Lipinski definition) is 1. The van der Waals surface area contributed by atoms with Crippen molar-refractivity contribution in [3.05, 3.63) is 0 Å². The number of ether oxygens (including phenoxy) is 5. The Morgan fingerprint density at radius 1 is 0.750 bits per heavy atom. The lowest BCUT2D eigenvalue weighted by Gasteiger charge is -2.33. The maximum Gasteiger partial charge on any atom is 0.305 e. The van der Waals surface area contributed by atoms with E-state index in [-0.39, 0.29) is 0 Å². The van der Waals surface area contributed by atoms with Crippen LogP contribution in [0.1, 0.15) is 48.0 Å². The predicted octanol–water partition coefficient (Wildman–Crippen LogP) is -0.713. The van der Waals surface area contributed by atoms with E-state index in [0.717, 1.165) is 41.5 Å². The van der Waals surface area contributed by atoms with Crippen LogP contribution in [0.25, 0.3) is 0 Å². The van der Waals surface area contributed by atoms with Crippen molar-refractivity contribution in [2.45, 2.75) is 72.1 Å². The molecule has 0 aliphatic heterocycles. The van der Waals surface area contributed by atoms with Crippen molar-refractivity contribution < 1.29 is 57.2 Å². The Bertz CT molecular complexity index is 805. The molecule has 2 amide bonds. The van der Waals surface area contributed by atoms with Crippen molar-refractivity contribution in [1.82, 2.24) is 5.32 Å². The summed E-state index contributed by atoms with van der Waals surface area (Å²) in [6.45, 7) is 5.98. The summed E-state index contributed by atoms with van der Waals surface area (Å²) in [5, 5.41) is 1.95. The van der Waals surface area contributed by atoms with E-state index in [4.69, 9.17) is 23.7 Å². The van der Waals surface area contributed by atoms with Gasteiger partial charge in [0.1, 0.15) is 0 Å². The van der Waals surface area contributed by atoms with E-state index in [9.17, 15) is 33.6 Å². The first-order valence-electron chi connectivity index (χ1n) is 9.40. The number of hydrogen-bond acceptors (Lipinski definition) is 12. The highest BCUT2D eigenvalue weighted by molar-refractivity contribution is 6.00. The van der Waals surface area contributed by atoms with E-state index in [1.807, 2.05) is 5.32 Å². The number of imide groups is 1. The highest BCUT2D eigenvalue weighted by Crippen LogP contribution is 2.45. The number of nitrogens with one attached hydrogen (secondary N) is 1. The van der Waals surface area contributed by atoms with Crippen LogP contribution in [0.15, 0.2) is 0 Å². The Balaban J connectivity index is 3.72. The van der Waals surface area contributed by atoms with Gasteiger partial charge in [0, 0.05) is 48.0 Å². The van der Waals surface area contributed by atoms with E-state index in [2.05, 4.69) is 0 Å². The van der Waals surface area contributed by atoms with E-state index in [1.165, 1.54) is 0 Å². The number of esters is 5. The Morgan fingerprint density at radius 2 is 1.25 bits per heavy atom. The molecule has 32 heavy (non-hydrogen) atoms. The number of carbonyl (C=O) groups is 7. The lowest BCUT2D eigenvalue weighted by Crippen LogP contribution is -2.59. The Morgan fingerprint density at radius 3 is 1.62 bits per heavy atom. The smallest absolute Gasteiger partial charge is 0.305 e. The monoisotopic (exact) mass is 459 g/mol. The molecule has 0 spiro atoms. The zero-order valence-electron chi connectivity index (χ0n) is 18.4. The Hall–Kier alpha value is -3.51. The molecule has 0 aromatic carbocycles. The molecule has 0 aromatic heterocycles. The van der Waals surface area contributed by atoms with Gasteiger partial charge in [-0.05, 0) is 0 Å². The first-order chi connectivity index (χ1) is 14.7. The molecule has 0 heterocycles. The van der Waals surface area contributed by atoms with Gasteiger partial charge in [-0.1, -0.05) is 0 Å². The first kappa shape index (κ1) is 26.5. The van der Waals surface area contributed by atoms with Gasteiger partial charge < -0.3 is 23.7 Å². The van der Waals surface area contributed by atoms with Crippen LogP contribution in [0, 0.1) is 5.92 Å². The molecule has 13 heteroatoms. The molecule has 0 saturated heterocycles. The molecule has 178 valence electrons. The fraction of sp³-hybridized carbons (Fsp3) is 0.632. The minimum absolute atomic E-state index is 0.604. The van der Waals surface area contributed by atoms with Gasteiger partial charge >= 0.3 is 29.8 Å². The van der Waals surface area contributed by atoms with Crippen LogP contribution in [-0.4, -0.2) is 65.8 Å². The van der Waals surface area contributed by atoms with Crippen molar-refractivity contribution in [3.63, 3.8) is 0 Å². The fourth-order valence-corrected chi connectivity index (χ4v) is 3.42. The van der Waals surface area contributed by atoms with E-state index in [1.54, 1.807) is 0 Å². The molecule has 4 atom stereocenters. The molecule has 1 aliphatic carbocycles. The van der Waals surface area contributed by atoms with Crippen LogP contribution >= 0.6 is 0 Å². The highest BCUT2D eigenvalue weighted by atomic mass is 16.7. The minimum atomic E-state index is -2.38. The van der Waals surface area contributed by atoms with E-state index >= 15 is 0 Å². The molecule has 1 aliphatic rings. The average Bonchev–Trinajstić information content (AvgIpc) is 2.86. The second kappa shape index (κ2) is 10.7. The zero-order chi connectivity index (χ0) is 24.8. The average molecular weight is 459 g/mol. The van der Waals surface area contributed by atoms with Crippen LogP contribution in [0.4, 0.5) is 0 Å².